The smallest absolute Gasteiger partial charge is 0.252 e. The van der Waals surface area contributed by atoms with E-state index >= 15 is 0 Å². The van der Waals surface area contributed by atoms with Crippen molar-refractivity contribution in [3.05, 3.63) is 29.3 Å². The highest BCUT2D eigenvalue weighted by atomic mass is 35.5. The van der Waals surface area contributed by atoms with Crippen LogP contribution >= 0.6 is 11.6 Å². The fraction of sp³-hybridized carbons (Fsp3) is 0.300. The first kappa shape index (κ1) is 10.1. The number of hydrogen-bond donors (Lipinski definition) is 0. The first-order valence-corrected chi connectivity index (χ1v) is 4.46. The molecule has 3 heteroatoms. The van der Waals surface area contributed by atoms with Crippen LogP contribution in [0.5, 0.6) is 5.75 Å². The average Bonchev–Trinajstić information content (AvgIpc) is 2.08. The minimum Gasteiger partial charge on any atom is -0.494 e. The molecule has 1 aromatic rings. The quantitative estimate of drug-likeness (QED) is 0.699. The lowest BCUT2D eigenvalue weighted by Crippen LogP contribution is -1.96. The summed E-state index contributed by atoms with van der Waals surface area (Å²) in [5.74, 6) is 0.796. The summed E-state index contributed by atoms with van der Waals surface area (Å²) in [6.45, 7) is 4.42. The van der Waals surface area contributed by atoms with Crippen molar-refractivity contribution >= 4 is 16.8 Å². The van der Waals surface area contributed by atoms with Crippen molar-refractivity contribution in [1.82, 2.24) is 0 Å². The number of hydrogen-bond acceptors (Lipinski definition) is 2. The number of benzene rings is 1. The van der Waals surface area contributed by atoms with Crippen LogP contribution in [0.1, 0.15) is 22.8 Å². The van der Waals surface area contributed by atoms with Crippen molar-refractivity contribution in [3.8, 4) is 5.75 Å². The summed E-state index contributed by atoms with van der Waals surface area (Å²) in [7, 11) is 0. The van der Waals surface area contributed by atoms with Crippen LogP contribution < -0.4 is 4.74 Å². The third kappa shape index (κ3) is 2.46. The summed E-state index contributed by atoms with van der Waals surface area (Å²) < 4.78 is 5.32. The summed E-state index contributed by atoms with van der Waals surface area (Å²) >= 11 is 5.32. The van der Waals surface area contributed by atoms with Gasteiger partial charge in [-0.05, 0) is 49.2 Å². The molecule has 1 aromatic carbocycles. The first-order valence-electron chi connectivity index (χ1n) is 4.08. The summed E-state index contributed by atoms with van der Waals surface area (Å²) in [6.07, 6.45) is 0. The lowest BCUT2D eigenvalue weighted by Gasteiger charge is -2.06. The predicted molar refractivity (Wildman–Crippen MR) is 52.5 cm³/mol. The minimum absolute atomic E-state index is 0.439. The lowest BCUT2D eigenvalue weighted by molar-refractivity contribution is 0.108. The Balaban J connectivity index is 2.98. The van der Waals surface area contributed by atoms with Crippen LogP contribution in [0.4, 0.5) is 0 Å². The van der Waals surface area contributed by atoms with E-state index < -0.39 is 5.24 Å². The molecule has 0 radical (unpaired) electrons. The zero-order valence-electron chi connectivity index (χ0n) is 7.63. The van der Waals surface area contributed by atoms with Crippen LogP contribution in [0.25, 0.3) is 0 Å². The maximum Gasteiger partial charge on any atom is 0.252 e. The van der Waals surface area contributed by atoms with E-state index in [0.29, 0.717) is 12.2 Å². The van der Waals surface area contributed by atoms with Crippen molar-refractivity contribution < 1.29 is 9.53 Å². The van der Waals surface area contributed by atoms with Crippen molar-refractivity contribution in [2.45, 2.75) is 13.8 Å². The molecule has 0 aliphatic rings. The Morgan fingerprint density at radius 3 is 2.69 bits per heavy atom. The molecule has 2 nitrogen and oxygen atoms in total. The van der Waals surface area contributed by atoms with Crippen LogP contribution in [-0.2, 0) is 0 Å². The van der Waals surface area contributed by atoms with Gasteiger partial charge in [0.05, 0.1) is 6.61 Å². The van der Waals surface area contributed by atoms with Crippen LogP contribution in [-0.4, -0.2) is 11.8 Å². The summed E-state index contributed by atoms with van der Waals surface area (Å²) in [6, 6.07) is 5.14. The molecule has 0 amide bonds. The van der Waals surface area contributed by atoms with Crippen LogP contribution in [0.2, 0.25) is 0 Å². The van der Waals surface area contributed by atoms with Gasteiger partial charge in [-0.25, -0.2) is 0 Å². The van der Waals surface area contributed by atoms with Gasteiger partial charge in [0.2, 0.25) is 0 Å². The Bertz CT molecular complexity index is 321. The molecule has 0 saturated heterocycles. The molecule has 0 aromatic heterocycles. The zero-order chi connectivity index (χ0) is 9.84. The molecule has 0 aliphatic carbocycles. The third-order valence-corrected chi connectivity index (χ3v) is 1.92. The van der Waals surface area contributed by atoms with Crippen LogP contribution in [0.15, 0.2) is 18.2 Å². The Morgan fingerprint density at radius 1 is 1.54 bits per heavy atom. The van der Waals surface area contributed by atoms with E-state index in [-0.39, 0.29) is 0 Å². The van der Waals surface area contributed by atoms with Crippen molar-refractivity contribution in [3.63, 3.8) is 0 Å². The molecule has 0 heterocycles. The summed E-state index contributed by atoms with van der Waals surface area (Å²) in [5, 5.41) is -0.439. The minimum atomic E-state index is -0.439. The lowest BCUT2D eigenvalue weighted by atomic mass is 10.1. The zero-order valence-corrected chi connectivity index (χ0v) is 8.39. The molecule has 0 atom stereocenters. The van der Waals surface area contributed by atoms with Crippen molar-refractivity contribution in [2.24, 2.45) is 0 Å². The van der Waals surface area contributed by atoms with Gasteiger partial charge in [0.25, 0.3) is 5.24 Å². The highest BCUT2D eigenvalue weighted by Crippen LogP contribution is 2.19. The van der Waals surface area contributed by atoms with Gasteiger partial charge in [-0.15, -0.1) is 0 Å². The number of carbonyl (C=O) groups is 1. The maximum atomic E-state index is 10.8. The molecule has 0 unspecified atom stereocenters. The van der Waals surface area contributed by atoms with Gasteiger partial charge in [0.15, 0.2) is 0 Å². The Kier molecular flexibility index (Phi) is 3.32. The average molecular weight is 199 g/mol. The number of carbonyl (C=O) groups excluding carboxylic acids is 1. The molecule has 0 N–H and O–H groups in total. The topological polar surface area (TPSA) is 26.3 Å². The Morgan fingerprint density at radius 2 is 2.23 bits per heavy atom. The van der Waals surface area contributed by atoms with Gasteiger partial charge >= 0.3 is 0 Å². The Labute approximate surface area is 82.5 Å². The number of halogens is 1. The second kappa shape index (κ2) is 4.28. The molecule has 1 rings (SSSR count). The third-order valence-electron chi connectivity index (χ3n) is 1.70. The van der Waals surface area contributed by atoms with Gasteiger partial charge in [-0.3, -0.25) is 4.79 Å². The standard InChI is InChI=1S/C10H11ClO2/c1-3-13-9-5-4-8(10(11)12)6-7(9)2/h4-6H,3H2,1-2H3. The predicted octanol–water partition coefficient (Wildman–Crippen LogP) is 2.77. The van der Waals surface area contributed by atoms with E-state index in [1.807, 2.05) is 13.8 Å². The van der Waals surface area contributed by atoms with Crippen molar-refractivity contribution in [1.29, 1.82) is 0 Å². The molecular weight excluding hydrogens is 188 g/mol. The SMILES string of the molecule is CCOc1ccc(C(=O)Cl)cc1C. The number of aryl methyl sites for hydroxylation is 1. The van der Waals surface area contributed by atoms with Gasteiger partial charge in [-0.1, -0.05) is 0 Å². The fourth-order valence-corrected chi connectivity index (χ4v) is 1.21. The monoisotopic (exact) mass is 198 g/mol. The highest BCUT2D eigenvalue weighted by molar-refractivity contribution is 6.67. The number of rotatable bonds is 3. The molecular formula is C10H11ClO2. The second-order valence-corrected chi connectivity index (χ2v) is 3.03. The van der Waals surface area contributed by atoms with Crippen LogP contribution in [0, 0.1) is 6.92 Å². The molecule has 0 aliphatic heterocycles. The fourth-order valence-electron chi connectivity index (χ4n) is 1.09. The summed E-state index contributed by atoms with van der Waals surface area (Å²) in [5.41, 5.74) is 1.43. The molecule has 0 spiro atoms. The van der Waals surface area contributed by atoms with Gasteiger partial charge in [-0.2, -0.15) is 0 Å². The van der Waals surface area contributed by atoms with E-state index in [0.717, 1.165) is 11.3 Å². The highest BCUT2D eigenvalue weighted by Gasteiger charge is 2.04. The molecule has 0 bridgehead atoms. The maximum absolute atomic E-state index is 10.8. The Hall–Kier alpha value is -1.02. The van der Waals surface area contributed by atoms with E-state index in [9.17, 15) is 4.79 Å². The molecule has 13 heavy (non-hydrogen) atoms. The molecule has 0 saturated carbocycles. The van der Waals surface area contributed by atoms with E-state index in [1.54, 1.807) is 18.2 Å². The van der Waals surface area contributed by atoms with Gasteiger partial charge in [0, 0.05) is 5.56 Å². The van der Waals surface area contributed by atoms with E-state index in [2.05, 4.69) is 0 Å². The van der Waals surface area contributed by atoms with Crippen LogP contribution in [0.3, 0.4) is 0 Å². The molecule has 70 valence electrons. The normalized spacial score (nSPS) is 9.77. The van der Waals surface area contributed by atoms with Gasteiger partial charge in [0.1, 0.15) is 5.75 Å². The number of ether oxygens (including phenoxy) is 1. The molecule has 0 fully saturated rings. The second-order valence-electron chi connectivity index (χ2n) is 2.69. The first-order chi connectivity index (χ1) is 6.15. The van der Waals surface area contributed by atoms with E-state index in [1.165, 1.54) is 0 Å². The van der Waals surface area contributed by atoms with Crippen molar-refractivity contribution in [2.75, 3.05) is 6.61 Å². The van der Waals surface area contributed by atoms with E-state index in [4.69, 9.17) is 16.3 Å². The largest absolute Gasteiger partial charge is 0.494 e. The summed E-state index contributed by atoms with van der Waals surface area (Å²) in [4.78, 5) is 10.8. The van der Waals surface area contributed by atoms with Gasteiger partial charge < -0.3 is 4.74 Å².